The van der Waals surface area contributed by atoms with Crippen LogP contribution in [0.1, 0.15) is 98.2 Å². The number of fused-ring (bicyclic) bond motifs is 24. The molecule has 0 aliphatic heterocycles. The van der Waals surface area contributed by atoms with Crippen molar-refractivity contribution in [3.63, 3.8) is 0 Å². The Morgan fingerprint density at radius 3 is 0.698 bits per heavy atom. The van der Waals surface area contributed by atoms with Gasteiger partial charge in [-0.15, -0.1) is 0 Å². The van der Waals surface area contributed by atoms with Crippen LogP contribution in [0, 0.1) is 27.7 Å². The molecular weight excluding hydrogens is 1280 g/mol. The van der Waals surface area contributed by atoms with Crippen LogP contribution in [0.5, 0.6) is 0 Å². The lowest BCUT2D eigenvalue weighted by atomic mass is 9.79. The van der Waals surface area contributed by atoms with E-state index in [9.17, 15) is 0 Å². The Balaban J connectivity index is 0.000000122. The summed E-state index contributed by atoms with van der Waals surface area (Å²) in [5, 5.41) is 0. The summed E-state index contributed by atoms with van der Waals surface area (Å²) in [4.78, 5) is 0. The van der Waals surface area contributed by atoms with Gasteiger partial charge in [-0.1, -0.05) is 260 Å². The summed E-state index contributed by atoms with van der Waals surface area (Å²) in [5.74, 6) is 1.50. The van der Waals surface area contributed by atoms with E-state index >= 15 is 0 Å². The Hall–Kier alpha value is -11.9. The lowest BCUT2D eigenvalue weighted by molar-refractivity contribution is -0.661. The third-order valence-electron chi connectivity index (χ3n) is 22.6. The molecule has 0 N–H and O–H groups in total. The second-order valence-corrected chi connectivity index (χ2v) is 30.3. The fourth-order valence-corrected chi connectivity index (χ4v) is 17.0. The van der Waals surface area contributed by atoms with Gasteiger partial charge in [0.1, 0.15) is 21.1 Å². The third kappa shape index (κ3) is 12.3. The van der Waals surface area contributed by atoms with Crippen LogP contribution in [0.2, 0.25) is 0 Å². The normalized spacial score (nSPS) is 11.7. The lowest BCUT2D eigenvalue weighted by Gasteiger charge is -2.24. The fourth-order valence-electron chi connectivity index (χ4n) is 17.0. The highest BCUT2D eigenvalue weighted by Gasteiger charge is 2.30. The van der Waals surface area contributed by atoms with E-state index in [2.05, 4.69) is 408 Å². The Morgan fingerprint density at radius 1 is 0.189 bits per heavy atom. The molecule has 3 aliphatic carbocycles. The van der Waals surface area contributed by atoms with E-state index in [0.29, 0.717) is 17.8 Å². The summed E-state index contributed by atoms with van der Waals surface area (Å²) in [6.45, 7) is 22.5. The molecule has 12 aromatic carbocycles. The molecule has 3 aromatic heterocycles. The second-order valence-electron chi connectivity index (χ2n) is 30.3. The van der Waals surface area contributed by atoms with Crippen molar-refractivity contribution in [1.82, 2.24) is 0 Å². The van der Waals surface area contributed by atoms with Gasteiger partial charge in [0, 0.05) is 52.1 Å². The first-order chi connectivity index (χ1) is 51.5. The molecule has 0 amide bonds. The predicted molar refractivity (Wildman–Crippen MR) is 446 cm³/mol. The number of aromatic nitrogens is 3. The maximum absolute atomic E-state index is 2.43. The number of rotatable bonds is 6. The smallest absolute Gasteiger partial charge is 0.201 e. The van der Waals surface area contributed by atoms with E-state index in [4.69, 9.17) is 0 Å². The van der Waals surface area contributed by atoms with E-state index in [1.165, 1.54) is 206 Å². The molecule has 3 nitrogen and oxygen atoms in total. The second kappa shape index (κ2) is 28.3. The average molecular weight is 1370 g/mol. The van der Waals surface area contributed by atoms with Crippen LogP contribution in [-0.2, 0) is 21.1 Å². The van der Waals surface area contributed by atoms with Crippen LogP contribution >= 0.6 is 0 Å². The molecule has 3 heterocycles. The van der Waals surface area contributed by atoms with E-state index in [1.54, 1.807) is 0 Å². The van der Waals surface area contributed by atoms with Gasteiger partial charge >= 0.3 is 0 Å². The maximum Gasteiger partial charge on any atom is 0.212 e. The number of hydrogen-bond donors (Lipinski definition) is 0. The van der Waals surface area contributed by atoms with Crippen molar-refractivity contribution in [2.75, 3.05) is 0 Å². The standard InChI is InChI=1S/C35H32N.2C34H30N/c1-22(2)34-21-36(5)35(19-24(34)4)31-20-33-30-17-11-9-15-28(30)26-13-7-6-12-25(26)27-14-8-10-16-29(27)32(33)18-23(31)3;1-22(2)24-17-18-34(35(4)21-24)31-20-33-30-16-10-8-14-28(30)26-12-6-5-11-25(26)27-13-7-9-15-29(27)32(33)19-23(31)3;1-22(2)24-17-18-35(4)34(20-24)31-21-33-30-16-10-8-14-28(30)26-12-6-5-11-25(26)27-13-7-9-15-29(27)32(33)19-23(31)3/h6-22H,1-5H3;2*5-22H,1-4H3/q3*+1. The molecule has 3 aliphatic rings. The molecule has 516 valence electrons. The van der Waals surface area contributed by atoms with Crippen LogP contribution in [0.15, 0.2) is 304 Å². The number of hydrogen-bond acceptors (Lipinski definition) is 0. The molecular formula is C103H92N3+3. The first kappa shape index (κ1) is 68.5. The molecule has 0 saturated heterocycles. The maximum atomic E-state index is 2.43. The number of pyridine rings is 3. The summed E-state index contributed by atoms with van der Waals surface area (Å²) in [7, 11) is 6.49. The van der Waals surface area contributed by atoms with Gasteiger partial charge in [-0.3, -0.25) is 0 Å². The van der Waals surface area contributed by atoms with E-state index in [0.717, 1.165) is 0 Å². The highest BCUT2D eigenvalue weighted by Crippen LogP contribution is 2.53. The molecule has 0 unspecified atom stereocenters. The Bertz CT molecular complexity index is 5970. The minimum atomic E-state index is 0.490. The average Bonchev–Trinajstić information content (AvgIpc) is 0.749. The minimum Gasteiger partial charge on any atom is -0.201 e. The summed E-state index contributed by atoms with van der Waals surface area (Å²) in [6.07, 6.45) is 6.78. The largest absolute Gasteiger partial charge is 0.212 e. The van der Waals surface area contributed by atoms with Gasteiger partial charge < -0.3 is 0 Å². The van der Waals surface area contributed by atoms with Gasteiger partial charge in [0.25, 0.3) is 0 Å². The molecule has 15 aromatic rings. The molecule has 0 fully saturated rings. The van der Waals surface area contributed by atoms with Gasteiger partial charge in [0.05, 0.1) is 0 Å². The zero-order chi connectivity index (χ0) is 73.2. The SMILES string of the molecule is Cc1cc2c(cc1-c1cc(C(C)C)cc[n+]1C)-c1ccccc1-c1ccccc1-c1ccccc1-2.Cc1cc2c(cc1-c1cc(C)c(C(C)C)c[n+]1C)-c1ccccc1-c1ccccc1-c1ccccc1-2.Cc1cc2c(cc1-c1ccc(C(C)C)c[n+]1C)-c1ccccc1-c1ccccc1-c1ccccc1-2. The summed E-state index contributed by atoms with van der Waals surface area (Å²) >= 11 is 0. The highest BCUT2D eigenvalue weighted by molar-refractivity contribution is 6.07. The molecule has 0 radical (unpaired) electrons. The third-order valence-corrected chi connectivity index (χ3v) is 22.6. The monoisotopic (exact) mass is 1370 g/mol. The predicted octanol–water partition coefficient (Wildman–Crippen LogP) is 26.1. The van der Waals surface area contributed by atoms with Crippen molar-refractivity contribution < 1.29 is 13.7 Å². The van der Waals surface area contributed by atoms with E-state index in [1.807, 2.05) is 0 Å². The number of aryl methyl sites for hydroxylation is 7. The Morgan fingerprint density at radius 2 is 0.434 bits per heavy atom. The number of benzene rings is 12. The quantitative estimate of drug-likeness (QED) is 0.147. The Kier molecular flexibility index (Phi) is 18.3. The van der Waals surface area contributed by atoms with Crippen molar-refractivity contribution in [2.24, 2.45) is 21.1 Å². The molecule has 106 heavy (non-hydrogen) atoms. The van der Waals surface area contributed by atoms with Crippen molar-refractivity contribution in [3.8, 4) is 167 Å². The summed E-state index contributed by atoms with van der Waals surface area (Å²) in [5.41, 5.74) is 47.9. The fraction of sp³-hybridized carbons (Fsp3) is 0.155. The van der Waals surface area contributed by atoms with Crippen molar-refractivity contribution >= 4 is 0 Å². The molecule has 0 bridgehead atoms. The Labute approximate surface area is 627 Å². The van der Waals surface area contributed by atoms with Gasteiger partial charge in [-0.05, 0) is 249 Å². The summed E-state index contributed by atoms with van der Waals surface area (Å²) < 4.78 is 6.83. The summed E-state index contributed by atoms with van der Waals surface area (Å²) in [6, 6.07) is 106. The highest BCUT2D eigenvalue weighted by atomic mass is 14.9. The van der Waals surface area contributed by atoms with E-state index < -0.39 is 0 Å². The minimum absolute atomic E-state index is 0.490. The van der Waals surface area contributed by atoms with Gasteiger partial charge in [-0.2, -0.15) is 0 Å². The van der Waals surface area contributed by atoms with Gasteiger partial charge in [-0.25, -0.2) is 13.7 Å². The molecule has 3 heteroatoms. The topological polar surface area (TPSA) is 11.6 Å². The van der Waals surface area contributed by atoms with Crippen LogP contribution in [-0.4, -0.2) is 0 Å². The molecule has 0 saturated carbocycles. The zero-order valence-electron chi connectivity index (χ0n) is 63.4. The van der Waals surface area contributed by atoms with Crippen molar-refractivity contribution in [3.05, 3.63) is 343 Å². The molecule has 18 rings (SSSR count). The first-order valence-corrected chi connectivity index (χ1v) is 37.8. The molecule has 0 atom stereocenters. The van der Waals surface area contributed by atoms with Crippen molar-refractivity contribution in [1.29, 1.82) is 0 Å². The van der Waals surface area contributed by atoms with Crippen LogP contribution < -0.4 is 13.7 Å². The zero-order valence-corrected chi connectivity index (χ0v) is 63.4. The molecule has 0 spiro atoms. The van der Waals surface area contributed by atoms with Crippen LogP contribution in [0.3, 0.4) is 0 Å². The van der Waals surface area contributed by atoms with Gasteiger partial charge in [0.15, 0.2) is 18.6 Å². The van der Waals surface area contributed by atoms with Crippen LogP contribution in [0.25, 0.3) is 167 Å². The van der Waals surface area contributed by atoms with Gasteiger partial charge in [0.2, 0.25) is 17.1 Å². The van der Waals surface area contributed by atoms with E-state index in [-0.39, 0.29) is 0 Å². The van der Waals surface area contributed by atoms with Crippen molar-refractivity contribution in [2.45, 2.75) is 87.0 Å². The first-order valence-electron chi connectivity index (χ1n) is 37.8. The lowest BCUT2D eigenvalue weighted by Crippen LogP contribution is -2.32. The number of nitrogens with zero attached hydrogens (tertiary/aromatic N) is 3. The van der Waals surface area contributed by atoms with Crippen LogP contribution in [0.4, 0.5) is 0 Å².